The summed E-state index contributed by atoms with van der Waals surface area (Å²) in [5.74, 6) is -1.32. The number of aromatic hydroxyl groups is 1. The number of anilines is 1. The fourth-order valence-corrected chi connectivity index (χ4v) is 5.22. The first-order chi connectivity index (χ1) is 13.7. The van der Waals surface area contributed by atoms with Crippen LogP contribution in [0, 0.1) is 5.82 Å². The van der Waals surface area contributed by atoms with Crippen molar-refractivity contribution in [2.75, 3.05) is 5.32 Å². The molecule has 0 saturated carbocycles. The quantitative estimate of drug-likeness (QED) is 0.394. The number of hydrogen-bond donors (Lipinski definition) is 2. The average Bonchev–Trinajstić information content (AvgIpc) is 2.93. The second kappa shape index (κ2) is 8.95. The van der Waals surface area contributed by atoms with Crippen LogP contribution in [-0.4, -0.2) is 32.2 Å². The molecule has 10 heteroatoms. The molecule has 29 heavy (non-hydrogen) atoms. The van der Waals surface area contributed by atoms with Gasteiger partial charge in [-0.05, 0) is 65.3 Å². The highest BCUT2D eigenvalue weighted by atomic mass is 79.9. The average molecular weight is 560 g/mol. The van der Waals surface area contributed by atoms with Gasteiger partial charge in [0.15, 0.2) is 0 Å². The van der Waals surface area contributed by atoms with E-state index in [9.17, 15) is 19.1 Å². The van der Waals surface area contributed by atoms with Gasteiger partial charge in [-0.1, -0.05) is 39.9 Å². The Morgan fingerprint density at radius 3 is 2.62 bits per heavy atom. The first-order valence-corrected chi connectivity index (χ1v) is 11.0. The molecule has 0 aliphatic carbocycles. The Hall–Kier alpha value is -1.75. The van der Waals surface area contributed by atoms with Crippen LogP contribution < -0.4 is 5.32 Å². The van der Waals surface area contributed by atoms with Gasteiger partial charge in [-0.15, -0.1) is 0 Å². The van der Waals surface area contributed by atoms with Crippen LogP contribution in [0.5, 0.6) is 5.75 Å². The standard InChI is InChI=1S/C19H13Br2FN2O3S2/c1-9(17(26)23-13-4-2-12(22)3-5-13)24-18(27)15(29-19(24)28)7-10-6-11(20)8-14(21)16(10)25/h2-9,25H,1H3,(H,23,26)/b15-7-. The number of benzene rings is 2. The normalized spacial score (nSPS) is 16.4. The molecule has 1 heterocycles. The monoisotopic (exact) mass is 558 g/mol. The van der Waals surface area contributed by atoms with Crippen LogP contribution in [0.4, 0.5) is 10.1 Å². The molecule has 0 spiro atoms. The zero-order chi connectivity index (χ0) is 21.3. The van der Waals surface area contributed by atoms with E-state index in [4.69, 9.17) is 12.2 Å². The third-order valence-corrected chi connectivity index (χ3v) is 6.44. The van der Waals surface area contributed by atoms with Gasteiger partial charge in [0.2, 0.25) is 5.91 Å². The van der Waals surface area contributed by atoms with Crippen molar-refractivity contribution in [2.24, 2.45) is 0 Å². The summed E-state index contributed by atoms with van der Waals surface area (Å²) < 4.78 is 14.4. The maximum Gasteiger partial charge on any atom is 0.266 e. The summed E-state index contributed by atoms with van der Waals surface area (Å²) in [6.07, 6.45) is 1.52. The number of thiocarbonyl (C=S) groups is 1. The number of nitrogens with zero attached hydrogens (tertiary/aromatic N) is 1. The highest BCUT2D eigenvalue weighted by molar-refractivity contribution is 9.11. The summed E-state index contributed by atoms with van der Waals surface area (Å²) in [5.41, 5.74) is 0.836. The van der Waals surface area contributed by atoms with E-state index in [1.165, 1.54) is 35.2 Å². The van der Waals surface area contributed by atoms with Crippen molar-refractivity contribution in [1.29, 1.82) is 0 Å². The fourth-order valence-electron chi connectivity index (χ4n) is 2.55. The molecule has 1 fully saturated rings. The molecular weight excluding hydrogens is 547 g/mol. The predicted molar refractivity (Wildman–Crippen MR) is 123 cm³/mol. The molecule has 3 rings (SSSR count). The van der Waals surface area contributed by atoms with Gasteiger partial charge in [0.1, 0.15) is 21.9 Å². The molecule has 1 aliphatic rings. The highest BCUT2D eigenvalue weighted by Gasteiger charge is 2.38. The van der Waals surface area contributed by atoms with Gasteiger partial charge in [-0.2, -0.15) is 0 Å². The van der Waals surface area contributed by atoms with E-state index < -0.39 is 23.7 Å². The summed E-state index contributed by atoms with van der Waals surface area (Å²) in [4.78, 5) is 26.9. The van der Waals surface area contributed by atoms with Gasteiger partial charge >= 0.3 is 0 Å². The first-order valence-electron chi connectivity index (χ1n) is 8.19. The third-order valence-electron chi connectivity index (χ3n) is 4.05. The highest BCUT2D eigenvalue weighted by Crippen LogP contribution is 2.38. The largest absolute Gasteiger partial charge is 0.506 e. The molecular formula is C19H13Br2FN2O3S2. The summed E-state index contributed by atoms with van der Waals surface area (Å²) in [7, 11) is 0. The molecule has 1 unspecified atom stereocenters. The zero-order valence-electron chi connectivity index (χ0n) is 14.8. The topological polar surface area (TPSA) is 69.6 Å². The van der Waals surface area contributed by atoms with Crippen molar-refractivity contribution < 1.29 is 19.1 Å². The summed E-state index contributed by atoms with van der Waals surface area (Å²) in [6.45, 7) is 1.56. The zero-order valence-corrected chi connectivity index (χ0v) is 19.6. The van der Waals surface area contributed by atoms with Crippen molar-refractivity contribution in [1.82, 2.24) is 4.90 Å². The number of nitrogens with one attached hydrogen (secondary N) is 1. The third kappa shape index (κ3) is 4.88. The van der Waals surface area contributed by atoms with E-state index in [1.807, 2.05) is 0 Å². The SMILES string of the molecule is CC(C(=O)Nc1ccc(F)cc1)N1C(=O)/C(=C/c2cc(Br)cc(Br)c2O)SC1=S. The number of halogens is 3. The Bertz CT molecular complexity index is 1040. The molecule has 0 bridgehead atoms. The molecule has 2 aromatic rings. The number of thioether (sulfide) groups is 1. The summed E-state index contributed by atoms with van der Waals surface area (Å²) in [5, 5.41) is 12.8. The first kappa shape index (κ1) is 21.9. The number of rotatable bonds is 4. The van der Waals surface area contributed by atoms with E-state index in [0.717, 1.165) is 16.2 Å². The molecule has 1 saturated heterocycles. The second-order valence-corrected chi connectivity index (χ2v) is 9.50. The summed E-state index contributed by atoms with van der Waals surface area (Å²) in [6, 6.07) is 7.78. The lowest BCUT2D eigenvalue weighted by atomic mass is 10.1. The van der Waals surface area contributed by atoms with Crippen molar-refractivity contribution in [3.05, 3.63) is 61.6 Å². The van der Waals surface area contributed by atoms with Gasteiger partial charge < -0.3 is 10.4 Å². The van der Waals surface area contributed by atoms with Crippen molar-refractivity contribution in [2.45, 2.75) is 13.0 Å². The number of carbonyl (C=O) groups is 2. The number of hydrogen-bond acceptors (Lipinski definition) is 5. The predicted octanol–water partition coefficient (Wildman–Crippen LogP) is 5.28. The van der Waals surface area contributed by atoms with Crippen LogP contribution in [0.2, 0.25) is 0 Å². The summed E-state index contributed by atoms with van der Waals surface area (Å²) >= 11 is 12.9. The Morgan fingerprint density at radius 1 is 1.31 bits per heavy atom. The molecule has 5 nitrogen and oxygen atoms in total. The van der Waals surface area contributed by atoms with Crippen molar-refractivity contribution in [3.63, 3.8) is 0 Å². The van der Waals surface area contributed by atoms with Gasteiger partial charge in [-0.25, -0.2) is 4.39 Å². The van der Waals surface area contributed by atoms with E-state index >= 15 is 0 Å². The number of phenolic OH excluding ortho intramolecular Hbond substituents is 1. The molecule has 1 aliphatic heterocycles. The van der Waals surface area contributed by atoms with Crippen molar-refractivity contribution >= 4 is 83.7 Å². The van der Waals surface area contributed by atoms with Crippen LogP contribution in [0.1, 0.15) is 12.5 Å². The Kier molecular flexibility index (Phi) is 6.77. The van der Waals surface area contributed by atoms with Crippen LogP contribution in [0.15, 0.2) is 50.2 Å². The van der Waals surface area contributed by atoms with E-state index in [1.54, 1.807) is 19.1 Å². The molecule has 2 amide bonds. The molecule has 2 aromatic carbocycles. The number of phenols is 1. The van der Waals surface area contributed by atoms with Gasteiger partial charge in [0.25, 0.3) is 5.91 Å². The lowest BCUT2D eigenvalue weighted by molar-refractivity contribution is -0.129. The van der Waals surface area contributed by atoms with E-state index in [-0.39, 0.29) is 15.0 Å². The van der Waals surface area contributed by atoms with E-state index in [0.29, 0.717) is 15.7 Å². The van der Waals surface area contributed by atoms with Crippen molar-refractivity contribution in [3.8, 4) is 5.75 Å². The lowest BCUT2D eigenvalue weighted by Crippen LogP contribution is -2.44. The Labute approximate surface area is 192 Å². The second-order valence-electron chi connectivity index (χ2n) is 6.05. The Balaban J connectivity index is 1.81. The van der Waals surface area contributed by atoms with Crippen LogP contribution in [0.25, 0.3) is 6.08 Å². The molecule has 1 atom stereocenters. The van der Waals surface area contributed by atoms with Crippen LogP contribution in [0.3, 0.4) is 0 Å². The van der Waals surface area contributed by atoms with Gasteiger partial charge in [-0.3, -0.25) is 14.5 Å². The Morgan fingerprint density at radius 2 is 1.97 bits per heavy atom. The fraction of sp³-hybridized carbons (Fsp3) is 0.105. The molecule has 0 aromatic heterocycles. The molecule has 150 valence electrons. The number of carbonyl (C=O) groups excluding carboxylic acids is 2. The maximum absolute atomic E-state index is 13.0. The minimum Gasteiger partial charge on any atom is -0.506 e. The van der Waals surface area contributed by atoms with Gasteiger partial charge in [0.05, 0.1) is 9.38 Å². The lowest BCUT2D eigenvalue weighted by Gasteiger charge is -2.22. The van der Waals surface area contributed by atoms with Crippen LogP contribution in [-0.2, 0) is 9.59 Å². The molecule has 2 N–H and O–H groups in total. The number of amides is 2. The minimum atomic E-state index is -0.874. The van der Waals surface area contributed by atoms with Crippen LogP contribution >= 0.6 is 55.8 Å². The van der Waals surface area contributed by atoms with Gasteiger partial charge in [0, 0.05) is 15.7 Å². The van der Waals surface area contributed by atoms with E-state index in [2.05, 4.69) is 37.2 Å². The smallest absolute Gasteiger partial charge is 0.266 e. The maximum atomic E-state index is 13.0. The minimum absolute atomic E-state index is 0.0134. The molecule has 0 radical (unpaired) electrons.